The molecule has 4 nitrogen and oxygen atoms in total. The van der Waals surface area contributed by atoms with Gasteiger partial charge in [0.15, 0.2) is 5.76 Å². The first kappa shape index (κ1) is 10.6. The highest BCUT2D eigenvalue weighted by Crippen LogP contribution is 2.39. The number of hydrogen-bond donors (Lipinski definition) is 0. The zero-order valence-corrected chi connectivity index (χ0v) is 9.79. The number of aromatic nitrogens is 1. The Kier molecular flexibility index (Phi) is 3.34. The van der Waals surface area contributed by atoms with E-state index in [-0.39, 0.29) is 0 Å². The molecular weight excluding hydrogens is 260 g/mol. The summed E-state index contributed by atoms with van der Waals surface area (Å²) in [5, 5.41) is 3.73. The van der Waals surface area contributed by atoms with Crippen molar-refractivity contribution in [2.75, 3.05) is 0 Å². The van der Waals surface area contributed by atoms with Gasteiger partial charge in [0, 0.05) is 5.92 Å². The number of nitrogens with zero attached hydrogens (tertiary/aromatic N) is 2. The summed E-state index contributed by atoms with van der Waals surface area (Å²) in [6, 6.07) is 0. The van der Waals surface area contributed by atoms with Crippen LogP contribution >= 0.6 is 15.9 Å². The van der Waals surface area contributed by atoms with Gasteiger partial charge in [-0.1, -0.05) is 24.4 Å². The molecule has 0 radical (unpaired) electrons. The van der Waals surface area contributed by atoms with Gasteiger partial charge in [-0.3, -0.25) is 0 Å². The molecule has 0 saturated heterocycles. The molecule has 0 aromatic carbocycles. The molecule has 1 aliphatic rings. The predicted octanol–water partition coefficient (Wildman–Crippen LogP) is 3.45. The van der Waals surface area contributed by atoms with Crippen molar-refractivity contribution in [1.82, 2.24) is 5.16 Å². The summed E-state index contributed by atoms with van der Waals surface area (Å²) >= 11 is 3.36. The topological polar surface area (TPSA) is 55.5 Å². The molecule has 0 aliphatic heterocycles. The molecule has 0 atom stereocenters. The molecule has 1 fully saturated rings. The zero-order chi connectivity index (χ0) is 10.7. The van der Waals surface area contributed by atoms with Gasteiger partial charge in [0.2, 0.25) is 11.9 Å². The first-order valence-electron chi connectivity index (χ1n) is 5.06. The highest BCUT2D eigenvalue weighted by Gasteiger charge is 2.24. The maximum atomic E-state index is 10.1. The van der Waals surface area contributed by atoms with Gasteiger partial charge >= 0.3 is 0 Å². The van der Waals surface area contributed by atoms with Crippen molar-refractivity contribution in [2.45, 2.75) is 38.0 Å². The van der Waals surface area contributed by atoms with E-state index in [2.05, 4.69) is 26.1 Å². The predicted molar refractivity (Wildman–Crippen MR) is 57.8 cm³/mol. The van der Waals surface area contributed by atoms with Gasteiger partial charge in [-0.25, -0.2) is 4.79 Å². The molecule has 0 N–H and O–H groups in total. The Morgan fingerprint density at radius 1 is 1.40 bits per heavy atom. The molecule has 0 bridgehead atoms. The smallest absolute Gasteiger partial charge is 0.242 e. The SMILES string of the molecule is O=C=Nc1noc(C2CCCCC2)c1Br. The van der Waals surface area contributed by atoms with Gasteiger partial charge in [0.05, 0.1) is 0 Å². The van der Waals surface area contributed by atoms with E-state index in [0.717, 1.165) is 18.6 Å². The van der Waals surface area contributed by atoms with E-state index in [9.17, 15) is 4.79 Å². The molecule has 1 aliphatic carbocycles. The number of rotatable bonds is 2. The van der Waals surface area contributed by atoms with Crippen LogP contribution in [0.25, 0.3) is 0 Å². The molecule has 0 unspecified atom stereocenters. The van der Waals surface area contributed by atoms with Gasteiger partial charge in [-0.2, -0.15) is 0 Å². The maximum Gasteiger partial charge on any atom is 0.242 e. The monoisotopic (exact) mass is 270 g/mol. The minimum atomic E-state index is 0.297. The Bertz CT molecular complexity index is 390. The fraction of sp³-hybridized carbons (Fsp3) is 0.600. The van der Waals surface area contributed by atoms with Crippen LogP contribution in [0.4, 0.5) is 5.82 Å². The van der Waals surface area contributed by atoms with E-state index < -0.39 is 0 Å². The van der Waals surface area contributed by atoms with Gasteiger partial charge in [-0.05, 0) is 28.8 Å². The van der Waals surface area contributed by atoms with Crippen LogP contribution in [-0.4, -0.2) is 11.2 Å². The number of halogens is 1. The lowest BCUT2D eigenvalue weighted by Crippen LogP contribution is -2.03. The van der Waals surface area contributed by atoms with Crippen molar-refractivity contribution in [1.29, 1.82) is 0 Å². The van der Waals surface area contributed by atoms with Crippen LogP contribution in [0, 0.1) is 0 Å². The Balaban J connectivity index is 2.23. The largest absolute Gasteiger partial charge is 0.358 e. The van der Waals surface area contributed by atoms with Crippen molar-refractivity contribution in [3.05, 3.63) is 10.2 Å². The van der Waals surface area contributed by atoms with Crippen LogP contribution in [0.3, 0.4) is 0 Å². The lowest BCUT2D eigenvalue weighted by Gasteiger charge is -2.18. The lowest BCUT2D eigenvalue weighted by molar-refractivity contribution is 0.321. The molecule has 1 aromatic rings. The molecule has 80 valence electrons. The van der Waals surface area contributed by atoms with Crippen LogP contribution in [0.2, 0.25) is 0 Å². The summed E-state index contributed by atoms with van der Waals surface area (Å²) in [7, 11) is 0. The standard InChI is InChI=1S/C10H11BrN2O2/c11-8-9(7-4-2-1-3-5-7)15-13-10(8)12-6-14/h7H,1-5H2. The first-order chi connectivity index (χ1) is 7.33. The Morgan fingerprint density at radius 3 is 2.80 bits per heavy atom. The lowest BCUT2D eigenvalue weighted by atomic mass is 9.87. The van der Waals surface area contributed by atoms with E-state index in [1.165, 1.54) is 25.3 Å². The molecule has 15 heavy (non-hydrogen) atoms. The van der Waals surface area contributed by atoms with E-state index in [0.29, 0.717) is 16.2 Å². The number of hydrogen-bond acceptors (Lipinski definition) is 4. The van der Waals surface area contributed by atoms with E-state index in [1.807, 2.05) is 0 Å². The first-order valence-corrected chi connectivity index (χ1v) is 5.85. The third-order valence-corrected chi connectivity index (χ3v) is 3.52. The normalized spacial score (nSPS) is 17.4. The fourth-order valence-corrected chi connectivity index (χ4v) is 2.57. The van der Waals surface area contributed by atoms with Crippen LogP contribution < -0.4 is 0 Å². The molecule has 2 rings (SSSR count). The van der Waals surface area contributed by atoms with E-state index >= 15 is 0 Å². The Morgan fingerprint density at radius 2 is 2.13 bits per heavy atom. The Hall–Kier alpha value is -0.930. The average molecular weight is 271 g/mol. The van der Waals surface area contributed by atoms with Gasteiger partial charge in [-0.15, -0.1) is 4.99 Å². The van der Waals surface area contributed by atoms with Crippen LogP contribution in [0.1, 0.15) is 43.8 Å². The number of carbonyl (C=O) groups excluding carboxylic acids is 1. The molecule has 0 spiro atoms. The van der Waals surface area contributed by atoms with Crippen molar-refractivity contribution in [3.8, 4) is 0 Å². The minimum absolute atomic E-state index is 0.297. The summed E-state index contributed by atoms with van der Waals surface area (Å²) in [6.45, 7) is 0. The second-order valence-electron chi connectivity index (χ2n) is 3.72. The van der Waals surface area contributed by atoms with Gasteiger partial charge in [0.1, 0.15) is 4.47 Å². The third-order valence-electron chi connectivity index (χ3n) is 2.77. The average Bonchev–Trinajstić information content (AvgIpc) is 2.63. The van der Waals surface area contributed by atoms with Crippen molar-refractivity contribution in [2.24, 2.45) is 4.99 Å². The summed E-state index contributed by atoms with van der Waals surface area (Å²) in [5.41, 5.74) is 0. The molecule has 1 saturated carbocycles. The second-order valence-corrected chi connectivity index (χ2v) is 4.52. The van der Waals surface area contributed by atoms with Crippen LogP contribution in [0.5, 0.6) is 0 Å². The third kappa shape index (κ3) is 2.19. The number of aliphatic imine (C=N–C) groups is 1. The molecule has 5 heteroatoms. The Labute approximate surface area is 95.9 Å². The number of isocyanates is 1. The molecular formula is C10H11BrN2O2. The molecule has 1 heterocycles. The van der Waals surface area contributed by atoms with Crippen molar-refractivity contribution >= 4 is 27.8 Å². The zero-order valence-electron chi connectivity index (χ0n) is 8.20. The van der Waals surface area contributed by atoms with E-state index in [1.54, 1.807) is 0 Å². The quantitative estimate of drug-likeness (QED) is 0.611. The van der Waals surface area contributed by atoms with Crippen molar-refractivity contribution in [3.63, 3.8) is 0 Å². The highest BCUT2D eigenvalue weighted by molar-refractivity contribution is 9.10. The van der Waals surface area contributed by atoms with Crippen LogP contribution in [-0.2, 0) is 4.79 Å². The fourth-order valence-electron chi connectivity index (χ4n) is 2.01. The van der Waals surface area contributed by atoms with Crippen LogP contribution in [0.15, 0.2) is 14.0 Å². The van der Waals surface area contributed by atoms with Gasteiger partial charge in [0.25, 0.3) is 0 Å². The maximum absolute atomic E-state index is 10.1. The van der Waals surface area contributed by atoms with Gasteiger partial charge < -0.3 is 4.52 Å². The van der Waals surface area contributed by atoms with Crippen molar-refractivity contribution < 1.29 is 9.32 Å². The highest BCUT2D eigenvalue weighted by atomic mass is 79.9. The second kappa shape index (κ2) is 4.73. The summed E-state index contributed by atoms with van der Waals surface area (Å²) < 4.78 is 5.92. The molecule has 1 aromatic heterocycles. The summed E-state index contributed by atoms with van der Waals surface area (Å²) in [6.07, 6.45) is 7.46. The minimum Gasteiger partial charge on any atom is -0.358 e. The molecule has 0 amide bonds. The summed E-state index contributed by atoms with van der Waals surface area (Å²) in [5.74, 6) is 1.53. The van der Waals surface area contributed by atoms with E-state index in [4.69, 9.17) is 4.52 Å². The summed E-state index contributed by atoms with van der Waals surface area (Å²) in [4.78, 5) is 13.6.